The summed E-state index contributed by atoms with van der Waals surface area (Å²) in [6.07, 6.45) is 1.61. The zero-order chi connectivity index (χ0) is 17.1. The Kier molecular flexibility index (Phi) is 4.33. The minimum atomic E-state index is -1.06. The lowest BCUT2D eigenvalue weighted by molar-refractivity contribution is 0.0696. The Bertz CT molecular complexity index is 940. The number of hydrogen-bond donors (Lipinski definition) is 2. The second-order valence-corrected chi connectivity index (χ2v) is 6.38. The van der Waals surface area contributed by atoms with E-state index in [0.29, 0.717) is 21.1 Å². The van der Waals surface area contributed by atoms with Crippen LogP contribution in [0.5, 0.6) is 0 Å². The Morgan fingerprint density at radius 3 is 2.50 bits per heavy atom. The molecule has 1 aromatic carbocycles. The van der Waals surface area contributed by atoms with Crippen molar-refractivity contribution >= 4 is 39.7 Å². The van der Waals surface area contributed by atoms with Gasteiger partial charge >= 0.3 is 5.97 Å². The van der Waals surface area contributed by atoms with Gasteiger partial charge in [-0.25, -0.2) is 14.8 Å². The van der Waals surface area contributed by atoms with E-state index in [1.54, 1.807) is 11.6 Å². The van der Waals surface area contributed by atoms with Crippen molar-refractivity contribution in [2.45, 2.75) is 0 Å². The predicted octanol–water partition coefficient (Wildman–Crippen LogP) is 3.09. The van der Waals surface area contributed by atoms with Crippen LogP contribution in [0.15, 0.2) is 35.8 Å². The summed E-state index contributed by atoms with van der Waals surface area (Å²) >= 11 is 2.41. The molecule has 118 valence electrons. The Morgan fingerprint density at radius 1 is 1.21 bits per heavy atom. The number of carbonyl (C=O) groups excluding carboxylic acids is 1. The summed E-state index contributed by atoms with van der Waals surface area (Å²) in [5.41, 5.74) is 0.831. The molecule has 0 aliphatic rings. The number of benzene rings is 1. The Balaban J connectivity index is 1.82. The number of amides is 1. The first-order valence-electron chi connectivity index (χ1n) is 6.54. The molecule has 0 aliphatic heterocycles. The standard InChI is InChI=1S/C15H8N4O3S2/c16-7-10-11(13-17-5-6-23-13)18-15(24-10)19-12(20)8-1-3-9(4-2-8)14(21)22/h1-6H,(H,21,22)(H,18,19,20). The third kappa shape index (κ3) is 3.15. The highest BCUT2D eigenvalue weighted by Crippen LogP contribution is 2.31. The number of nitrogens with one attached hydrogen (secondary N) is 1. The number of hydrogen-bond acceptors (Lipinski definition) is 7. The second-order valence-electron chi connectivity index (χ2n) is 4.48. The van der Waals surface area contributed by atoms with Gasteiger partial charge in [-0.1, -0.05) is 11.3 Å². The van der Waals surface area contributed by atoms with E-state index in [9.17, 15) is 14.9 Å². The van der Waals surface area contributed by atoms with Gasteiger partial charge < -0.3 is 5.11 Å². The number of aromatic nitrogens is 2. The van der Waals surface area contributed by atoms with Gasteiger partial charge in [-0.05, 0) is 24.3 Å². The number of nitriles is 1. The molecule has 3 aromatic rings. The van der Waals surface area contributed by atoms with E-state index in [1.165, 1.54) is 35.6 Å². The van der Waals surface area contributed by atoms with Crippen molar-refractivity contribution in [1.29, 1.82) is 5.26 Å². The van der Waals surface area contributed by atoms with Crippen molar-refractivity contribution in [3.8, 4) is 16.8 Å². The van der Waals surface area contributed by atoms with Gasteiger partial charge in [0.2, 0.25) is 0 Å². The molecule has 2 aromatic heterocycles. The summed E-state index contributed by atoms with van der Waals surface area (Å²) < 4.78 is 0. The Hall–Kier alpha value is -3.09. The summed E-state index contributed by atoms with van der Waals surface area (Å²) in [6.45, 7) is 0. The molecule has 9 heteroatoms. The average molecular weight is 356 g/mol. The van der Waals surface area contributed by atoms with E-state index < -0.39 is 11.9 Å². The Labute approximate surface area is 143 Å². The normalized spacial score (nSPS) is 10.1. The van der Waals surface area contributed by atoms with Gasteiger partial charge in [-0.3, -0.25) is 10.1 Å². The average Bonchev–Trinajstić information content (AvgIpc) is 3.23. The minimum Gasteiger partial charge on any atom is -0.478 e. The fourth-order valence-electron chi connectivity index (χ4n) is 1.87. The molecule has 1 amide bonds. The van der Waals surface area contributed by atoms with Gasteiger partial charge in [-0.2, -0.15) is 5.26 Å². The number of aromatic carboxylic acids is 1. The molecule has 0 fully saturated rings. The molecule has 0 saturated carbocycles. The summed E-state index contributed by atoms with van der Waals surface area (Å²) in [4.78, 5) is 31.7. The SMILES string of the molecule is N#Cc1sc(NC(=O)c2ccc(C(=O)O)cc2)nc1-c1nccs1. The molecule has 0 aliphatic carbocycles. The molecule has 0 atom stereocenters. The number of rotatable bonds is 4. The fourth-order valence-corrected chi connectivity index (χ4v) is 3.32. The van der Waals surface area contributed by atoms with Crippen LogP contribution in [0, 0.1) is 11.3 Å². The molecule has 24 heavy (non-hydrogen) atoms. The minimum absolute atomic E-state index is 0.0959. The molecule has 0 spiro atoms. The molecule has 2 heterocycles. The number of carbonyl (C=O) groups is 2. The lowest BCUT2D eigenvalue weighted by Gasteiger charge is -2.02. The molecule has 0 unspecified atom stereocenters. The maximum absolute atomic E-state index is 12.2. The van der Waals surface area contributed by atoms with Crippen LogP contribution in [0.3, 0.4) is 0 Å². The van der Waals surface area contributed by atoms with Crippen molar-refractivity contribution in [3.63, 3.8) is 0 Å². The van der Waals surface area contributed by atoms with Gasteiger partial charge in [0.05, 0.1) is 5.56 Å². The van der Waals surface area contributed by atoms with Gasteiger partial charge in [0.1, 0.15) is 21.6 Å². The van der Waals surface area contributed by atoms with Crippen molar-refractivity contribution < 1.29 is 14.7 Å². The topological polar surface area (TPSA) is 116 Å². The molecule has 7 nitrogen and oxygen atoms in total. The van der Waals surface area contributed by atoms with E-state index in [-0.39, 0.29) is 10.7 Å². The molecule has 0 radical (unpaired) electrons. The number of thiazole rings is 2. The molecular formula is C15H8N4O3S2. The molecule has 2 N–H and O–H groups in total. The zero-order valence-corrected chi connectivity index (χ0v) is 13.5. The van der Waals surface area contributed by atoms with Gasteiger partial charge in [0, 0.05) is 17.1 Å². The molecular weight excluding hydrogens is 348 g/mol. The summed E-state index contributed by atoms with van der Waals surface area (Å²) in [6, 6.07) is 7.57. The lowest BCUT2D eigenvalue weighted by atomic mass is 10.1. The predicted molar refractivity (Wildman–Crippen MR) is 89.3 cm³/mol. The third-order valence-electron chi connectivity index (χ3n) is 2.98. The van der Waals surface area contributed by atoms with Crippen LogP contribution in [0.1, 0.15) is 25.6 Å². The Morgan fingerprint density at radius 2 is 1.92 bits per heavy atom. The highest BCUT2D eigenvalue weighted by molar-refractivity contribution is 7.17. The van der Waals surface area contributed by atoms with E-state index in [4.69, 9.17) is 5.11 Å². The second kappa shape index (κ2) is 6.57. The highest BCUT2D eigenvalue weighted by atomic mass is 32.1. The first kappa shape index (κ1) is 15.8. The largest absolute Gasteiger partial charge is 0.478 e. The van der Waals surface area contributed by atoms with Gasteiger partial charge in [0.25, 0.3) is 5.91 Å². The summed E-state index contributed by atoms with van der Waals surface area (Å²) in [5, 5.41) is 23.3. The lowest BCUT2D eigenvalue weighted by Crippen LogP contribution is -2.12. The van der Waals surface area contributed by atoms with Crippen LogP contribution < -0.4 is 5.32 Å². The van der Waals surface area contributed by atoms with Crippen molar-refractivity contribution in [2.24, 2.45) is 0 Å². The fraction of sp³-hybridized carbons (Fsp3) is 0. The molecule has 0 saturated heterocycles. The molecule has 3 rings (SSSR count). The third-order valence-corrected chi connectivity index (χ3v) is 4.63. The van der Waals surface area contributed by atoms with Crippen LogP contribution in [0.4, 0.5) is 5.13 Å². The molecule has 0 bridgehead atoms. The van der Waals surface area contributed by atoms with E-state index in [2.05, 4.69) is 15.3 Å². The number of nitrogens with zero attached hydrogens (tertiary/aromatic N) is 3. The first-order valence-corrected chi connectivity index (χ1v) is 8.23. The number of carboxylic acid groups (broad SMARTS) is 1. The van der Waals surface area contributed by atoms with Crippen molar-refractivity contribution in [2.75, 3.05) is 5.32 Å². The number of anilines is 1. The van der Waals surface area contributed by atoms with Crippen LogP contribution >= 0.6 is 22.7 Å². The van der Waals surface area contributed by atoms with Gasteiger partial charge in [-0.15, -0.1) is 11.3 Å². The number of carboxylic acids is 1. The van der Waals surface area contributed by atoms with Crippen LogP contribution in [-0.2, 0) is 0 Å². The highest BCUT2D eigenvalue weighted by Gasteiger charge is 2.17. The van der Waals surface area contributed by atoms with Crippen LogP contribution in [0.25, 0.3) is 10.7 Å². The maximum atomic E-state index is 12.2. The van der Waals surface area contributed by atoms with E-state index in [1.807, 2.05) is 6.07 Å². The maximum Gasteiger partial charge on any atom is 0.335 e. The smallest absolute Gasteiger partial charge is 0.335 e. The van der Waals surface area contributed by atoms with E-state index >= 15 is 0 Å². The summed E-state index contributed by atoms with van der Waals surface area (Å²) in [7, 11) is 0. The van der Waals surface area contributed by atoms with Crippen LogP contribution in [-0.4, -0.2) is 27.0 Å². The van der Waals surface area contributed by atoms with Crippen LogP contribution in [0.2, 0.25) is 0 Å². The van der Waals surface area contributed by atoms with E-state index in [0.717, 1.165) is 11.3 Å². The van der Waals surface area contributed by atoms with Crippen molar-refractivity contribution in [3.05, 3.63) is 51.8 Å². The monoisotopic (exact) mass is 356 g/mol. The summed E-state index contributed by atoms with van der Waals surface area (Å²) in [5.74, 6) is -1.50. The quantitative estimate of drug-likeness (QED) is 0.742. The zero-order valence-electron chi connectivity index (χ0n) is 11.9. The van der Waals surface area contributed by atoms with Gasteiger partial charge in [0.15, 0.2) is 5.13 Å². The van der Waals surface area contributed by atoms with Crippen molar-refractivity contribution in [1.82, 2.24) is 9.97 Å². The first-order chi connectivity index (χ1) is 11.6.